The largest absolute Gasteiger partial charge is 0.311 e. The Labute approximate surface area is 318 Å². The molecule has 0 aliphatic carbocycles. The van der Waals surface area contributed by atoms with Crippen molar-refractivity contribution in [1.29, 1.82) is 0 Å². The van der Waals surface area contributed by atoms with Crippen LogP contribution in [0.25, 0.3) is 51.5 Å². The predicted octanol–water partition coefficient (Wildman–Crippen LogP) is 12.2. The number of fused-ring (bicyclic) bond motifs is 9. The van der Waals surface area contributed by atoms with Crippen LogP contribution in [0.1, 0.15) is 47.1 Å². The van der Waals surface area contributed by atoms with Crippen LogP contribution in [0, 0.1) is 0 Å². The molecule has 2 aromatic heterocycles. The first-order valence-electron chi connectivity index (χ1n) is 18.9. The smallest absolute Gasteiger partial charge is 0.218 e. The fourth-order valence-corrected chi connectivity index (χ4v) is 8.59. The van der Waals surface area contributed by atoms with Gasteiger partial charge in [-0.25, -0.2) is 0 Å². The molecular weight excluding hydrogens is 655 g/mol. The van der Waals surface area contributed by atoms with Gasteiger partial charge in [0.05, 0.1) is 12.0 Å². The van der Waals surface area contributed by atoms with Crippen LogP contribution < -0.4 is 14.0 Å². The number of hydrogen-bond acceptors (Lipinski definition) is 1. The van der Waals surface area contributed by atoms with E-state index in [4.69, 9.17) is 6.58 Å². The minimum Gasteiger partial charge on any atom is -0.311 e. The lowest BCUT2D eigenvalue weighted by Crippen LogP contribution is -2.49. The van der Waals surface area contributed by atoms with Gasteiger partial charge in [0.25, 0.3) is 0 Å². The first kappa shape index (κ1) is 33.3. The Bertz CT molecular complexity index is 2470. The van der Waals surface area contributed by atoms with Gasteiger partial charge in [-0.05, 0) is 113 Å². The Morgan fingerprint density at radius 2 is 1.17 bits per heavy atom. The molecule has 0 N–H and O–H groups in total. The quantitative estimate of drug-likeness (QED) is 0.157. The number of rotatable bonds is 6. The van der Waals surface area contributed by atoms with Crippen LogP contribution >= 0.6 is 0 Å². The van der Waals surface area contributed by atoms with Crippen LogP contribution in [0.5, 0.6) is 0 Å². The summed E-state index contributed by atoms with van der Waals surface area (Å²) in [6.07, 6.45) is 11.1. The molecule has 54 heavy (non-hydrogen) atoms. The van der Waals surface area contributed by atoms with Gasteiger partial charge in [-0.1, -0.05) is 92.0 Å². The minimum absolute atomic E-state index is 0.280. The topological polar surface area (TPSA) is 11.0 Å². The maximum Gasteiger partial charge on any atom is 0.218 e. The lowest BCUT2D eigenvalue weighted by atomic mass is 9.77. The Morgan fingerprint density at radius 3 is 1.85 bits per heavy atom. The number of aryl methyl sites for hydroxylation is 1. The number of nitrogens with zero attached hydrogens (tertiary/aromatic N) is 3. The fraction of sp³-hybridized carbons (Fsp3) is 0.0980. The average Bonchev–Trinajstić information content (AvgIpc) is 3.24. The monoisotopic (exact) mass is 697 g/mol. The van der Waals surface area contributed by atoms with Crippen LogP contribution in [0.4, 0.5) is 17.1 Å². The fourth-order valence-electron chi connectivity index (χ4n) is 8.59. The Morgan fingerprint density at radius 1 is 0.574 bits per heavy atom. The van der Waals surface area contributed by atoms with Gasteiger partial charge in [-0.2, -0.15) is 9.13 Å². The number of allylic oxidation sites excluding steroid dienone is 1. The van der Waals surface area contributed by atoms with Crippen molar-refractivity contribution in [3.63, 3.8) is 0 Å². The highest BCUT2D eigenvalue weighted by Crippen LogP contribution is 2.44. The second-order valence-corrected chi connectivity index (χ2v) is 14.4. The van der Waals surface area contributed by atoms with Crippen molar-refractivity contribution in [2.24, 2.45) is 0 Å². The molecule has 2 aliphatic rings. The van der Waals surface area contributed by atoms with Gasteiger partial charge in [0, 0.05) is 52.8 Å². The summed E-state index contributed by atoms with van der Waals surface area (Å²) in [5, 5.41) is 0. The molecule has 0 bridgehead atoms. The molecule has 0 amide bonds. The van der Waals surface area contributed by atoms with Crippen LogP contribution in [0.2, 0.25) is 0 Å². The van der Waals surface area contributed by atoms with Crippen molar-refractivity contribution < 1.29 is 9.13 Å². The Hall–Kier alpha value is -6.58. The third kappa shape index (κ3) is 5.98. The number of benzene rings is 5. The van der Waals surface area contributed by atoms with Gasteiger partial charge in [-0.3, -0.25) is 0 Å². The summed E-state index contributed by atoms with van der Waals surface area (Å²) >= 11 is 0. The van der Waals surface area contributed by atoms with Crippen molar-refractivity contribution in [3.05, 3.63) is 206 Å². The third-order valence-electron chi connectivity index (χ3n) is 11.3. The van der Waals surface area contributed by atoms with Gasteiger partial charge >= 0.3 is 0 Å². The highest BCUT2D eigenvalue weighted by molar-refractivity contribution is 5.80. The van der Waals surface area contributed by atoms with Crippen molar-refractivity contribution in [1.82, 2.24) is 0 Å². The lowest BCUT2D eigenvalue weighted by Gasteiger charge is -2.31. The summed E-state index contributed by atoms with van der Waals surface area (Å²) in [5.41, 5.74) is 16.8. The first-order chi connectivity index (χ1) is 26.6. The van der Waals surface area contributed by atoms with E-state index in [1.807, 2.05) is 12.2 Å². The molecule has 2 unspecified atom stereocenters. The molecular formula is C51H43N3+2. The first-order valence-corrected chi connectivity index (χ1v) is 18.9. The number of pyridine rings is 2. The lowest BCUT2D eigenvalue weighted by molar-refractivity contribution is -0.720. The van der Waals surface area contributed by atoms with Gasteiger partial charge < -0.3 is 4.90 Å². The van der Waals surface area contributed by atoms with Crippen LogP contribution in [-0.4, -0.2) is 0 Å². The summed E-state index contributed by atoms with van der Waals surface area (Å²) in [7, 11) is 0. The molecule has 3 nitrogen and oxygen atoms in total. The second kappa shape index (κ2) is 14.1. The molecule has 260 valence electrons. The van der Waals surface area contributed by atoms with E-state index >= 15 is 0 Å². The third-order valence-corrected chi connectivity index (χ3v) is 11.3. The molecule has 0 spiro atoms. The van der Waals surface area contributed by atoms with E-state index in [1.165, 1.54) is 44.8 Å². The predicted molar refractivity (Wildman–Crippen MR) is 224 cm³/mol. The van der Waals surface area contributed by atoms with E-state index in [0.29, 0.717) is 5.92 Å². The minimum atomic E-state index is 0.280. The molecule has 4 heterocycles. The molecule has 7 aromatic rings. The van der Waals surface area contributed by atoms with Crippen molar-refractivity contribution in [2.45, 2.75) is 31.2 Å². The zero-order chi connectivity index (χ0) is 36.6. The van der Waals surface area contributed by atoms with E-state index in [1.54, 1.807) is 0 Å². The summed E-state index contributed by atoms with van der Waals surface area (Å²) in [6.45, 7) is 12.6. The van der Waals surface area contributed by atoms with Gasteiger partial charge in [0.15, 0.2) is 24.1 Å². The van der Waals surface area contributed by atoms with Crippen LogP contribution in [-0.2, 0) is 6.42 Å². The van der Waals surface area contributed by atoms with Crippen molar-refractivity contribution >= 4 is 34.9 Å². The van der Waals surface area contributed by atoms with E-state index < -0.39 is 0 Å². The number of aromatic nitrogens is 2. The van der Waals surface area contributed by atoms with Gasteiger partial charge in [0.1, 0.15) is 0 Å². The molecule has 0 saturated carbocycles. The molecule has 2 atom stereocenters. The zero-order valence-corrected chi connectivity index (χ0v) is 30.5. The highest BCUT2D eigenvalue weighted by Gasteiger charge is 2.42. The van der Waals surface area contributed by atoms with E-state index in [2.05, 4.69) is 191 Å². The maximum atomic E-state index is 4.73. The Kier molecular flexibility index (Phi) is 8.69. The molecule has 9 rings (SSSR count). The van der Waals surface area contributed by atoms with E-state index in [-0.39, 0.29) is 6.04 Å². The van der Waals surface area contributed by atoms with Crippen LogP contribution in [0.3, 0.4) is 0 Å². The Balaban J connectivity index is 1.10. The molecule has 0 fully saturated rings. The number of anilines is 3. The van der Waals surface area contributed by atoms with Crippen LogP contribution in [0.15, 0.2) is 184 Å². The van der Waals surface area contributed by atoms with Crippen molar-refractivity contribution in [3.8, 4) is 33.6 Å². The SMILES string of the molecule is C=Cc1ccc(N(c2ccc(C=C)cc2)c2ccc(-c3ccc4c(c3)-c3cccc[n+]3C(=C)CC3C(CC4)c4ccccc4-c4cccc[n+]43)cc2)cc1. The molecule has 5 aromatic carbocycles. The van der Waals surface area contributed by atoms with Gasteiger partial charge in [-0.15, -0.1) is 0 Å². The van der Waals surface area contributed by atoms with E-state index in [0.717, 1.165) is 53.1 Å². The molecule has 2 aliphatic heterocycles. The van der Waals surface area contributed by atoms with Gasteiger partial charge in [0.2, 0.25) is 11.4 Å². The second-order valence-electron chi connectivity index (χ2n) is 14.4. The summed E-state index contributed by atoms with van der Waals surface area (Å²) in [5.74, 6) is 0.368. The molecule has 3 heteroatoms. The maximum absolute atomic E-state index is 4.73. The molecule has 0 saturated heterocycles. The van der Waals surface area contributed by atoms with E-state index in [9.17, 15) is 0 Å². The number of hydrogen-bond donors (Lipinski definition) is 0. The average molecular weight is 698 g/mol. The van der Waals surface area contributed by atoms with Crippen molar-refractivity contribution in [2.75, 3.05) is 4.90 Å². The standard InChI is InChI=1S/C51H43N3/c1-4-37-16-25-42(26-17-37)54(43-27-18-38(5-2)19-28-43)44-29-22-39(23-30-44)41-21-20-40-24-31-47-45-12-6-7-13-46(45)49-14-9-11-33-53(49)51(47)34-36(3)52-32-10-8-15-50(52)48(40)35-41/h4-23,25-30,32-33,35,47,51H,1-3,24,31,34H2/q+2. The summed E-state index contributed by atoms with van der Waals surface area (Å²) in [4.78, 5) is 2.29. The summed E-state index contributed by atoms with van der Waals surface area (Å²) < 4.78 is 4.83. The normalized spacial score (nSPS) is 15.7. The summed E-state index contributed by atoms with van der Waals surface area (Å²) in [6, 6.07) is 55.5. The zero-order valence-electron chi connectivity index (χ0n) is 30.5. The molecule has 0 radical (unpaired) electrons. The highest BCUT2D eigenvalue weighted by atomic mass is 15.1.